The molecular weight excluding hydrogens is 236 g/mol. The van der Waals surface area contributed by atoms with Gasteiger partial charge in [0.2, 0.25) is 0 Å². The van der Waals surface area contributed by atoms with Crippen molar-refractivity contribution in [2.24, 2.45) is 0 Å². The molecule has 0 radical (unpaired) electrons. The van der Waals surface area contributed by atoms with Crippen molar-refractivity contribution in [1.82, 2.24) is 0 Å². The number of rotatable bonds is 4. The molecule has 0 spiro atoms. The van der Waals surface area contributed by atoms with Crippen LogP contribution in [0.4, 0.5) is 5.69 Å². The number of carboxylic acids is 1. The maximum absolute atomic E-state index is 11.0. The molecular formula is C12H14N2O2S. The third-order valence-corrected chi connectivity index (χ3v) is 3.12. The van der Waals surface area contributed by atoms with Crippen LogP contribution in [0.1, 0.15) is 19.4 Å². The number of nitrogens with one attached hydrogen (secondary N) is 1. The fourth-order valence-electron chi connectivity index (χ4n) is 1.31. The maximum atomic E-state index is 11.0. The van der Waals surface area contributed by atoms with Gasteiger partial charge >= 0.3 is 5.97 Å². The zero-order valence-corrected chi connectivity index (χ0v) is 10.8. The molecule has 4 nitrogen and oxygen atoms in total. The molecule has 0 saturated heterocycles. The molecule has 1 rings (SSSR count). The third-order valence-electron chi connectivity index (χ3n) is 2.34. The predicted octanol–water partition coefficient (Wildman–Crippen LogP) is 2.56. The lowest BCUT2D eigenvalue weighted by atomic mass is 10.0. The smallest absolute Gasteiger partial charge is 0.328 e. The average molecular weight is 250 g/mol. The van der Waals surface area contributed by atoms with Gasteiger partial charge in [0.25, 0.3) is 0 Å². The van der Waals surface area contributed by atoms with E-state index < -0.39 is 11.5 Å². The Morgan fingerprint density at radius 2 is 2.18 bits per heavy atom. The number of hydrogen-bond donors (Lipinski definition) is 2. The van der Waals surface area contributed by atoms with Gasteiger partial charge in [0.05, 0.1) is 11.3 Å². The summed E-state index contributed by atoms with van der Waals surface area (Å²) in [7, 11) is 0. The standard InChI is InChI=1S/C12H14N2O2S/c1-12(2,11(15)16)14-9-5-4-6-10(17-3)8(9)7-13/h4-6,14H,1-3H3,(H,15,16). The summed E-state index contributed by atoms with van der Waals surface area (Å²) in [6, 6.07) is 7.45. The van der Waals surface area contributed by atoms with E-state index in [0.29, 0.717) is 11.3 Å². The number of hydrogen-bond acceptors (Lipinski definition) is 4. The largest absolute Gasteiger partial charge is 0.480 e. The molecule has 0 bridgehead atoms. The molecule has 17 heavy (non-hydrogen) atoms. The summed E-state index contributed by atoms with van der Waals surface area (Å²) < 4.78 is 0. The minimum absolute atomic E-state index is 0.481. The van der Waals surface area contributed by atoms with E-state index in [1.54, 1.807) is 26.0 Å². The predicted molar refractivity (Wildman–Crippen MR) is 68.3 cm³/mol. The Hall–Kier alpha value is -1.67. The summed E-state index contributed by atoms with van der Waals surface area (Å²) in [6.07, 6.45) is 1.88. The summed E-state index contributed by atoms with van der Waals surface area (Å²) in [5.74, 6) is -0.962. The van der Waals surface area contributed by atoms with E-state index in [9.17, 15) is 4.79 Å². The summed E-state index contributed by atoms with van der Waals surface area (Å²) >= 11 is 1.46. The summed E-state index contributed by atoms with van der Waals surface area (Å²) in [5, 5.41) is 21.0. The Balaban J connectivity index is 3.16. The molecule has 0 fully saturated rings. The molecule has 2 N–H and O–H groups in total. The lowest BCUT2D eigenvalue weighted by Crippen LogP contribution is -2.40. The van der Waals surface area contributed by atoms with E-state index in [0.717, 1.165) is 4.90 Å². The number of aliphatic carboxylic acids is 1. The Morgan fingerprint density at radius 1 is 1.53 bits per heavy atom. The first-order valence-electron chi connectivity index (χ1n) is 5.01. The molecule has 90 valence electrons. The van der Waals surface area contributed by atoms with Gasteiger partial charge in [-0.25, -0.2) is 4.79 Å². The van der Waals surface area contributed by atoms with E-state index in [1.807, 2.05) is 12.3 Å². The van der Waals surface area contributed by atoms with Crippen LogP contribution in [0.3, 0.4) is 0 Å². The van der Waals surface area contributed by atoms with E-state index in [2.05, 4.69) is 11.4 Å². The highest BCUT2D eigenvalue weighted by Crippen LogP contribution is 2.28. The third kappa shape index (κ3) is 2.92. The van der Waals surface area contributed by atoms with Crippen LogP contribution in [0.2, 0.25) is 0 Å². The highest BCUT2D eigenvalue weighted by molar-refractivity contribution is 7.98. The molecule has 0 aliphatic rings. The molecule has 0 aliphatic carbocycles. The Kier molecular flexibility index (Phi) is 4.02. The van der Waals surface area contributed by atoms with Gasteiger partial charge in [-0.2, -0.15) is 5.26 Å². The molecule has 0 amide bonds. The number of nitrogens with zero attached hydrogens (tertiary/aromatic N) is 1. The van der Waals surface area contributed by atoms with Gasteiger partial charge in [-0.1, -0.05) is 6.07 Å². The van der Waals surface area contributed by atoms with Crippen LogP contribution in [0.5, 0.6) is 0 Å². The second kappa shape index (κ2) is 5.11. The lowest BCUT2D eigenvalue weighted by molar-refractivity contribution is -0.141. The normalized spacial score (nSPS) is 10.7. The highest BCUT2D eigenvalue weighted by Gasteiger charge is 2.27. The molecule has 0 atom stereocenters. The molecule has 0 unspecified atom stereocenters. The van der Waals surface area contributed by atoms with Gasteiger partial charge in [0, 0.05) is 4.90 Å². The van der Waals surface area contributed by atoms with Crippen LogP contribution in [-0.4, -0.2) is 22.9 Å². The first-order valence-corrected chi connectivity index (χ1v) is 6.23. The second-order valence-corrected chi connectivity index (χ2v) is 4.90. The van der Waals surface area contributed by atoms with Crippen molar-refractivity contribution in [2.75, 3.05) is 11.6 Å². The number of nitriles is 1. The number of carbonyl (C=O) groups is 1. The fourth-order valence-corrected chi connectivity index (χ4v) is 1.89. The second-order valence-electron chi connectivity index (χ2n) is 4.05. The van der Waals surface area contributed by atoms with E-state index in [-0.39, 0.29) is 0 Å². The molecule has 0 heterocycles. The van der Waals surface area contributed by atoms with E-state index in [4.69, 9.17) is 10.4 Å². The van der Waals surface area contributed by atoms with E-state index in [1.165, 1.54) is 11.8 Å². The van der Waals surface area contributed by atoms with Crippen molar-refractivity contribution < 1.29 is 9.90 Å². The quantitative estimate of drug-likeness (QED) is 0.803. The SMILES string of the molecule is CSc1cccc(NC(C)(C)C(=O)O)c1C#N. The van der Waals surface area contributed by atoms with Crippen molar-refractivity contribution in [3.8, 4) is 6.07 Å². The Labute approximate surface area is 105 Å². The molecule has 5 heteroatoms. The van der Waals surface area contributed by atoms with Gasteiger partial charge < -0.3 is 10.4 Å². The monoisotopic (exact) mass is 250 g/mol. The minimum atomic E-state index is -1.11. The highest BCUT2D eigenvalue weighted by atomic mass is 32.2. The lowest BCUT2D eigenvalue weighted by Gasteiger charge is -2.23. The zero-order valence-electron chi connectivity index (χ0n) is 9.94. The van der Waals surface area contributed by atoms with Gasteiger partial charge in [0.1, 0.15) is 11.6 Å². The number of carboxylic acid groups (broad SMARTS) is 1. The summed E-state index contributed by atoms with van der Waals surface area (Å²) in [4.78, 5) is 11.9. The van der Waals surface area contributed by atoms with Gasteiger partial charge in [0.15, 0.2) is 0 Å². The first-order chi connectivity index (χ1) is 7.92. The van der Waals surface area contributed by atoms with Crippen LogP contribution in [0.25, 0.3) is 0 Å². The van der Waals surface area contributed by atoms with Crippen molar-refractivity contribution in [1.29, 1.82) is 5.26 Å². The Morgan fingerprint density at radius 3 is 2.65 bits per heavy atom. The van der Waals surface area contributed by atoms with E-state index >= 15 is 0 Å². The number of thioether (sulfide) groups is 1. The van der Waals surface area contributed by atoms with Crippen LogP contribution in [0, 0.1) is 11.3 Å². The molecule has 0 aliphatic heterocycles. The number of anilines is 1. The van der Waals surface area contributed by atoms with Crippen LogP contribution >= 0.6 is 11.8 Å². The van der Waals surface area contributed by atoms with Crippen molar-refractivity contribution >= 4 is 23.4 Å². The minimum Gasteiger partial charge on any atom is -0.480 e. The molecule has 0 saturated carbocycles. The Bertz CT molecular complexity index is 478. The van der Waals surface area contributed by atoms with Crippen LogP contribution < -0.4 is 5.32 Å². The zero-order chi connectivity index (χ0) is 13.1. The summed E-state index contributed by atoms with van der Waals surface area (Å²) in [6.45, 7) is 3.12. The van der Waals surface area contributed by atoms with Gasteiger partial charge in [-0.05, 0) is 32.2 Å². The summed E-state index contributed by atoms with van der Waals surface area (Å²) in [5.41, 5.74) is -0.0797. The fraction of sp³-hybridized carbons (Fsp3) is 0.333. The number of benzene rings is 1. The van der Waals surface area contributed by atoms with Gasteiger partial charge in [-0.15, -0.1) is 11.8 Å². The molecule has 1 aromatic carbocycles. The molecule has 0 aromatic heterocycles. The average Bonchev–Trinajstić information content (AvgIpc) is 2.27. The molecule has 1 aromatic rings. The van der Waals surface area contributed by atoms with Gasteiger partial charge in [-0.3, -0.25) is 0 Å². The van der Waals surface area contributed by atoms with Crippen molar-refractivity contribution in [3.63, 3.8) is 0 Å². The van der Waals surface area contributed by atoms with Crippen LogP contribution in [0.15, 0.2) is 23.1 Å². The topological polar surface area (TPSA) is 73.1 Å². The maximum Gasteiger partial charge on any atom is 0.328 e. The van der Waals surface area contributed by atoms with Crippen LogP contribution in [-0.2, 0) is 4.79 Å². The van der Waals surface area contributed by atoms with Crippen molar-refractivity contribution in [2.45, 2.75) is 24.3 Å². The van der Waals surface area contributed by atoms with Crippen molar-refractivity contribution in [3.05, 3.63) is 23.8 Å². The first kappa shape index (κ1) is 13.4.